The number of nitrogens with two attached hydrogens (primary N) is 1. The van der Waals surface area contributed by atoms with Crippen LogP contribution in [0.1, 0.15) is 26.7 Å². The quantitative estimate of drug-likeness (QED) is 0.673. The standard InChI is InChI=1S/C11H20N2O/c1-3-5-11(14)13-7-6-10(12)9(4-2)8-13/h3,5,9-10H,4,6-8,12H2,1-2H3/b5-3+. The Morgan fingerprint density at radius 3 is 2.93 bits per heavy atom. The van der Waals surface area contributed by atoms with E-state index in [0.717, 1.165) is 25.9 Å². The summed E-state index contributed by atoms with van der Waals surface area (Å²) >= 11 is 0. The maximum Gasteiger partial charge on any atom is 0.246 e. The lowest BCUT2D eigenvalue weighted by molar-refractivity contribution is -0.128. The molecule has 1 fully saturated rings. The number of hydrogen-bond acceptors (Lipinski definition) is 2. The van der Waals surface area contributed by atoms with Gasteiger partial charge in [0.25, 0.3) is 0 Å². The van der Waals surface area contributed by atoms with E-state index in [4.69, 9.17) is 5.73 Å². The summed E-state index contributed by atoms with van der Waals surface area (Å²) in [4.78, 5) is 13.5. The Bertz CT molecular complexity index is 225. The van der Waals surface area contributed by atoms with Crippen LogP contribution in [0, 0.1) is 5.92 Å². The Hall–Kier alpha value is -0.830. The van der Waals surface area contributed by atoms with E-state index in [9.17, 15) is 4.79 Å². The summed E-state index contributed by atoms with van der Waals surface area (Å²) in [5.74, 6) is 0.593. The van der Waals surface area contributed by atoms with Crippen LogP contribution >= 0.6 is 0 Å². The van der Waals surface area contributed by atoms with Gasteiger partial charge in [0.1, 0.15) is 0 Å². The molecule has 2 N–H and O–H groups in total. The van der Waals surface area contributed by atoms with Crippen LogP contribution in [0.15, 0.2) is 12.2 Å². The monoisotopic (exact) mass is 196 g/mol. The van der Waals surface area contributed by atoms with E-state index in [0.29, 0.717) is 5.92 Å². The third kappa shape index (κ3) is 2.58. The highest BCUT2D eigenvalue weighted by Gasteiger charge is 2.26. The Kier molecular flexibility index (Phi) is 4.14. The fourth-order valence-electron chi connectivity index (χ4n) is 1.93. The number of allylic oxidation sites excluding steroid dienone is 1. The fourth-order valence-corrected chi connectivity index (χ4v) is 1.93. The minimum Gasteiger partial charge on any atom is -0.339 e. The van der Waals surface area contributed by atoms with E-state index in [-0.39, 0.29) is 11.9 Å². The zero-order valence-corrected chi connectivity index (χ0v) is 9.07. The number of carbonyl (C=O) groups excluding carboxylic acids is 1. The molecule has 1 aliphatic heterocycles. The molecule has 0 aliphatic carbocycles. The van der Waals surface area contributed by atoms with Gasteiger partial charge in [-0.05, 0) is 25.3 Å². The number of piperidine rings is 1. The van der Waals surface area contributed by atoms with Gasteiger partial charge in [-0.15, -0.1) is 0 Å². The van der Waals surface area contributed by atoms with Gasteiger partial charge in [0, 0.05) is 19.1 Å². The van der Waals surface area contributed by atoms with Gasteiger partial charge in [0.2, 0.25) is 5.91 Å². The van der Waals surface area contributed by atoms with Gasteiger partial charge in [-0.2, -0.15) is 0 Å². The van der Waals surface area contributed by atoms with Gasteiger partial charge < -0.3 is 10.6 Å². The van der Waals surface area contributed by atoms with E-state index >= 15 is 0 Å². The van der Waals surface area contributed by atoms with Crippen LogP contribution < -0.4 is 5.73 Å². The van der Waals surface area contributed by atoms with Gasteiger partial charge in [-0.25, -0.2) is 0 Å². The van der Waals surface area contributed by atoms with Crippen molar-refractivity contribution in [1.82, 2.24) is 4.90 Å². The molecule has 0 aromatic rings. The lowest BCUT2D eigenvalue weighted by atomic mass is 9.91. The third-order valence-corrected chi connectivity index (χ3v) is 2.94. The SMILES string of the molecule is C/C=C/C(=O)N1CCC(N)C(CC)C1. The average molecular weight is 196 g/mol. The highest BCUT2D eigenvalue weighted by Crippen LogP contribution is 2.18. The molecular weight excluding hydrogens is 176 g/mol. The molecule has 0 radical (unpaired) electrons. The van der Waals surface area contributed by atoms with Crippen molar-refractivity contribution in [3.63, 3.8) is 0 Å². The number of hydrogen-bond donors (Lipinski definition) is 1. The van der Waals surface area contributed by atoms with Crippen LogP contribution in [0.5, 0.6) is 0 Å². The number of rotatable bonds is 2. The van der Waals surface area contributed by atoms with Crippen molar-refractivity contribution in [2.45, 2.75) is 32.7 Å². The highest BCUT2D eigenvalue weighted by atomic mass is 16.2. The zero-order chi connectivity index (χ0) is 10.6. The molecule has 1 amide bonds. The largest absolute Gasteiger partial charge is 0.339 e. The van der Waals surface area contributed by atoms with Crippen molar-refractivity contribution in [2.24, 2.45) is 11.7 Å². The first kappa shape index (κ1) is 11.2. The van der Waals surface area contributed by atoms with E-state index in [1.165, 1.54) is 0 Å². The third-order valence-electron chi connectivity index (χ3n) is 2.94. The van der Waals surface area contributed by atoms with Gasteiger partial charge in [0.05, 0.1) is 0 Å². The van der Waals surface area contributed by atoms with Crippen LogP contribution in [0.3, 0.4) is 0 Å². The van der Waals surface area contributed by atoms with E-state index in [1.807, 2.05) is 11.8 Å². The lowest BCUT2D eigenvalue weighted by Crippen LogP contribution is -2.48. The molecule has 3 heteroatoms. The van der Waals surface area contributed by atoms with Crippen LogP contribution in [0.2, 0.25) is 0 Å². The van der Waals surface area contributed by atoms with Crippen LogP contribution in [-0.2, 0) is 4.79 Å². The number of likely N-dealkylation sites (tertiary alicyclic amines) is 1. The van der Waals surface area contributed by atoms with Crippen LogP contribution in [-0.4, -0.2) is 29.9 Å². The van der Waals surface area contributed by atoms with Gasteiger partial charge >= 0.3 is 0 Å². The Labute approximate surface area is 86.0 Å². The second-order valence-corrected chi connectivity index (χ2v) is 3.91. The van der Waals surface area contributed by atoms with Crippen molar-refractivity contribution in [3.05, 3.63) is 12.2 Å². The van der Waals surface area contributed by atoms with Gasteiger partial charge in [-0.1, -0.05) is 19.4 Å². The molecule has 0 bridgehead atoms. The number of carbonyl (C=O) groups is 1. The molecule has 3 nitrogen and oxygen atoms in total. The Morgan fingerprint density at radius 2 is 2.36 bits per heavy atom. The predicted octanol–water partition coefficient (Wildman–Crippen LogP) is 1.15. The number of nitrogens with zero attached hydrogens (tertiary/aromatic N) is 1. The number of amides is 1. The molecule has 0 aromatic carbocycles. The second-order valence-electron chi connectivity index (χ2n) is 3.91. The summed E-state index contributed by atoms with van der Waals surface area (Å²) in [6.45, 7) is 5.63. The maximum atomic E-state index is 11.6. The summed E-state index contributed by atoms with van der Waals surface area (Å²) in [7, 11) is 0. The summed E-state index contributed by atoms with van der Waals surface area (Å²) in [5, 5.41) is 0. The molecule has 2 unspecified atom stereocenters. The molecule has 0 aromatic heterocycles. The van der Waals surface area contributed by atoms with Crippen LogP contribution in [0.4, 0.5) is 0 Å². The van der Waals surface area contributed by atoms with Crippen molar-refractivity contribution in [1.29, 1.82) is 0 Å². The minimum atomic E-state index is 0.123. The lowest BCUT2D eigenvalue weighted by Gasteiger charge is -2.36. The highest BCUT2D eigenvalue weighted by molar-refractivity contribution is 5.87. The molecule has 2 atom stereocenters. The molecule has 80 valence electrons. The van der Waals surface area contributed by atoms with Gasteiger partial charge in [-0.3, -0.25) is 4.79 Å². The first-order valence-corrected chi connectivity index (χ1v) is 5.36. The maximum absolute atomic E-state index is 11.6. The second kappa shape index (κ2) is 5.15. The topological polar surface area (TPSA) is 46.3 Å². The van der Waals surface area contributed by atoms with E-state index in [2.05, 4.69) is 6.92 Å². The molecule has 0 saturated carbocycles. The molecule has 1 saturated heterocycles. The molecule has 1 rings (SSSR count). The van der Waals surface area contributed by atoms with Crippen molar-refractivity contribution < 1.29 is 4.79 Å². The van der Waals surface area contributed by atoms with Crippen molar-refractivity contribution >= 4 is 5.91 Å². The molecular formula is C11H20N2O. The molecule has 1 aliphatic rings. The van der Waals surface area contributed by atoms with Gasteiger partial charge in [0.15, 0.2) is 0 Å². The predicted molar refractivity (Wildman–Crippen MR) is 57.8 cm³/mol. The van der Waals surface area contributed by atoms with E-state index in [1.54, 1.807) is 12.2 Å². The van der Waals surface area contributed by atoms with Crippen molar-refractivity contribution in [3.8, 4) is 0 Å². The summed E-state index contributed by atoms with van der Waals surface area (Å²) in [6, 6.07) is 0.273. The molecule has 1 heterocycles. The van der Waals surface area contributed by atoms with Crippen molar-refractivity contribution in [2.75, 3.05) is 13.1 Å². The molecule has 0 spiro atoms. The summed E-state index contributed by atoms with van der Waals surface area (Å²) in [6.07, 6.45) is 5.41. The summed E-state index contributed by atoms with van der Waals surface area (Å²) < 4.78 is 0. The Balaban J connectivity index is 2.54. The normalized spacial score (nSPS) is 28.4. The fraction of sp³-hybridized carbons (Fsp3) is 0.727. The Morgan fingerprint density at radius 1 is 1.64 bits per heavy atom. The summed E-state index contributed by atoms with van der Waals surface area (Å²) in [5.41, 5.74) is 5.97. The van der Waals surface area contributed by atoms with Crippen LogP contribution in [0.25, 0.3) is 0 Å². The first-order chi connectivity index (χ1) is 6.69. The average Bonchev–Trinajstić information content (AvgIpc) is 2.19. The van der Waals surface area contributed by atoms with E-state index < -0.39 is 0 Å². The minimum absolute atomic E-state index is 0.123. The smallest absolute Gasteiger partial charge is 0.246 e. The first-order valence-electron chi connectivity index (χ1n) is 5.36. The molecule has 14 heavy (non-hydrogen) atoms. The zero-order valence-electron chi connectivity index (χ0n) is 9.07.